The predicted molar refractivity (Wildman–Crippen MR) is 46.2 cm³/mol. The van der Waals surface area contributed by atoms with Gasteiger partial charge in [0.2, 0.25) is 11.2 Å². The van der Waals surface area contributed by atoms with Crippen LogP contribution >= 0.6 is 11.6 Å². The van der Waals surface area contributed by atoms with Crippen LogP contribution in [-0.4, -0.2) is 26.7 Å². The molecule has 0 aromatic carbocycles. The lowest BCUT2D eigenvalue weighted by Crippen LogP contribution is -2.29. The van der Waals surface area contributed by atoms with E-state index in [1.807, 2.05) is 0 Å². The summed E-state index contributed by atoms with van der Waals surface area (Å²) in [6.07, 6.45) is 3.61. The zero-order chi connectivity index (χ0) is 9.26. The lowest BCUT2D eigenvalue weighted by molar-refractivity contribution is -0.122. The van der Waals surface area contributed by atoms with Gasteiger partial charge in [-0.1, -0.05) is 0 Å². The summed E-state index contributed by atoms with van der Waals surface area (Å²) >= 11 is 5.49. The van der Waals surface area contributed by atoms with E-state index in [4.69, 9.17) is 11.6 Å². The van der Waals surface area contributed by atoms with Crippen molar-refractivity contribution < 1.29 is 4.79 Å². The number of rotatable bonds is 3. The van der Waals surface area contributed by atoms with E-state index in [1.54, 1.807) is 0 Å². The van der Waals surface area contributed by atoms with Gasteiger partial charge in [0.05, 0.1) is 0 Å². The molecule has 13 heavy (non-hydrogen) atoms. The molecule has 0 unspecified atom stereocenters. The molecule has 0 saturated heterocycles. The standard InChI is InChI=1S/C7H9ClN4O/c8-7-9-4-12(11-7)3-6(13)10-5-1-2-5/h4-5H,1-3H2,(H,10,13). The highest BCUT2D eigenvalue weighted by molar-refractivity contribution is 6.28. The topological polar surface area (TPSA) is 59.8 Å². The number of nitrogens with zero attached hydrogens (tertiary/aromatic N) is 3. The minimum absolute atomic E-state index is 0.0379. The van der Waals surface area contributed by atoms with E-state index in [1.165, 1.54) is 11.0 Å². The zero-order valence-corrected chi connectivity index (χ0v) is 7.66. The number of carbonyl (C=O) groups excluding carboxylic acids is 1. The molecule has 1 amide bonds. The number of hydrogen-bond donors (Lipinski definition) is 1. The van der Waals surface area contributed by atoms with Crippen molar-refractivity contribution in [1.82, 2.24) is 20.1 Å². The van der Waals surface area contributed by atoms with E-state index < -0.39 is 0 Å². The molecule has 1 heterocycles. The average molecular weight is 201 g/mol. The number of amides is 1. The van der Waals surface area contributed by atoms with Crippen LogP contribution in [0.3, 0.4) is 0 Å². The van der Waals surface area contributed by atoms with Crippen LogP contribution in [0, 0.1) is 0 Å². The number of halogens is 1. The summed E-state index contributed by atoms with van der Waals surface area (Å²) in [6.45, 7) is 0.191. The second-order valence-corrected chi connectivity index (χ2v) is 3.39. The van der Waals surface area contributed by atoms with Gasteiger partial charge < -0.3 is 5.32 Å². The molecule has 0 aliphatic heterocycles. The van der Waals surface area contributed by atoms with Gasteiger partial charge in [-0.25, -0.2) is 9.67 Å². The molecule has 1 fully saturated rings. The van der Waals surface area contributed by atoms with Gasteiger partial charge in [-0.2, -0.15) is 0 Å². The summed E-state index contributed by atoms with van der Waals surface area (Å²) < 4.78 is 1.42. The van der Waals surface area contributed by atoms with Crippen molar-refractivity contribution in [1.29, 1.82) is 0 Å². The molecule has 6 heteroatoms. The smallest absolute Gasteiger partial charge is 0.242 e. The van der Waals surface area contributed by atoms with Gasteiger partial charge in [0.1, 0.15) is 12.9 Å². The van der Waals surface area contributed by atoms with Crippen LogP contribution < -0.4 is 5.32 Å². The van der Waals surface area contributed by atoms with E-state index in [0.717, 1.165) is 12.8 Å². The molecule has 1 aliphatic rings. The summed E-state index contributed by atoms with van der Waals surface area (Å²) in [6, 6.07) is 0.381. The molecule has 1 aromatic rings. The van der Waals surface area contributed by atoms with Crippen molar-refractivity contribution in [2.75, 3.05) is 0 Å². The molecule has 0 spiro atoms. The van der Waals surface area contributed by atoms with E-state index in [-0.39, 0.29) is 17.7 Å². The summed E-state index contributed by atoms with van der Waals surface area (Å²) in [5.41, 5.74) is 0. The molecule has 0 atom stereocenters. The third kappa shape index (κ3) is 2.42. The Morgan fingerprint density at radius 1 is 1.77 bits per heavy atom. The molecule has 1 aliphatic carbocycles. The summed E-state index contributed by atoms with van der Waals surface area (Å²) in [7, 11) is 0. The highest BCUT2D eigenvalue weighted by Gasteiger charge is 2.23. The fourth-order valence-electron chi connectivity index (χ4n) is 0.996. The van der Waals surface area contributed by atoms with Gasteiger partial charge in [-0.05, 0) is 24.4 Å². The Bertz CT molecular complexity index is 320. The Hall–Kier alpha value is -1.10. The first kappa shape index (κ1) is 8.50. The summed E-state index contributed by atoms with van der Waals surface area (Å²) in [5, 5.41) is 6.80. The predicted octanol–water partition coefficient (Wildman–Crippen LogP) is 0.210. The van der Waals surface area contributed by atoms with Crippen molar-refractivity contribution in [2.45, 2.75) is 25.4 Å². The van der Waals surface area contributed by atoms with Crippen LogP contribution in [-0.2, 0) is 11.3 Å². The Kier molecular flexibility index (Phi) is 2.18. The highest BCUT2D eigenvalue weighted by Crippen LogP contribution is 2.18. The SMILES string of the molecule is O=C(Cn1cnc(Cl)n1)NC1CC1. The van der Waals surface area contributed by atoms with Crippen molar-refractivity contribution in [2.24, 2.45) is 0 Å². The van der Waals surface area contributed by atoms with Crippen molar-refractivity contribution in [3.63, 3.8) is 0 Å². The minimum Gasteiger partial charge on any atom is -0.352 e. The third-order valence-corrected chi connectivity index (χ3v) is 1.93. The second kappa shape index (κ2) is 3.33. The van der Waals surface area contributed by atoms with Crippen LogP contribution in [0.1, 0.15) is 12.8 Å². The lowest BCUT2D eigenvalue weighted by atomic mass is 10.5. The molecule has 0 bridgehead atoms. The van der Waals surface area contributed by atoms with Crippen molar-refractivity contribution >= 4 is 17.5 Å². The first-order valence-corrected chi connectivity index (χ1v) is 4.46. The quantitative estimate of drug-likeness (QED) is 0.759. The largest absolute Gasteiger partial charge is 0.352 e. The number of nitrogens with one attached hydrogen (secondary N) is 1. The van der Waals surface area contributed by atoms with Gasteiger partial charge in [0.25, 0.3) is 0 Å². The molecule has 1 N–H and O–H groups in total. The monoisotopic (exact) mass is 200 g/mol. The number of carbonyl (C=O) groups is 1. The van der Waals surface area contributed by atoms with Gasteiger partial charge in [0, 0.05) is 6.04 Å². The van der Waals surface area contributed by atoms with Crippen LogP contribution in [0.5, 0.6) is 0 Å². The Morgan fingerprint density at radius 3 is 3.08 bits per heavy atom. The molecule has 1 saturated carbocycles. The Labute approximate surface area is 80.1 Å². The fraction of sp³-hybridized carbons (Fsp3) is 0.571. The molecule has 5 nitrogen and oxygen atoms in total. The number of aromatic nitrogens is 3. The first-order valence-electron chi connectivity index (χ1n) is 4.08. The maximum atomic E-state index is 11.2. The van der Waals surface area contributed by atoms with Crippen LogP contribution in [0.15, 0.2) is 6.33 Å². The molecule has 0 radical (unpaired) electrons. The van der Waals surface area contributed by atoms with Crippen LogP contribution in [0.4, 0.5) is 0 Å². The second-order valence-electron chi connectivity index (χ2n) is 3.05. The van der Waals surface area contributed by atoms with Crippen LogP contribution in [0.2, 0.25) is 5.28 Å². The Morgan fingerprint density at radius 2 is 2.54 bits per heavy atom. The highest BCUT2D eigenvalue weighted by atomic mass is 35.5. The first-order chi connectivity index (χ1) is 6.24. The number of hydrogen-bond acceptors (Lipinski definition) is 3. The lowest BCUT2D eigenvalue weighted by Gasteiger charge is -2.01. The minimum atomic E-state index is -0.0379. The van der Waals surface area contributed by atoms with Gasteiger partial charge in [0.15, 0.2) is 0 Å². The van der Waals surface area contributed by atoms with Crippen molar-refractivity contribution in [3.8, 4) is 0 Å². The molecular formula is C7H9ClN4O. The molecule has 70 valence electrons. The van der Waals surface area contributed by atoms with E-state index >= 15 is 0 Å². The fourth-order valence-corrected chi connectivity index (χ4v) is 1.14. The van der Waals surface area contributed by atoms with Crippen molar-refractivity contribution in [3.05, 3.63) is 11.6 Å². The normalized spacial score (nSPS) is 15.8. The van der Waals surface area contributed by atoms with E-state index in [0.29, 0.717) is 6.04 Å². The Balaban J connectivity index is 1.85. The average Bonchev–Trinajstić information content (AvgIpc) is 2.76. The molecule has 2 rings (SSSR count). The maximum Gasteiger partial charge on any atom is 0.242 e. The van der Waals surface area contributed by atoms with E-state index in [9.17, 15) is 4.79 Å². The zero-order valence-electron chi connectivity index (χ0n) is 6.90. The van der Waals surface area contributed by atoms with Crippen LogP contribution in [0.25, 0.3) is 0 Å². The van der Waals surface area contributed by atoms with Gasteiger partial charge in [-0.3, -0.25) is 4.79 Å². The summed E-state index contributed by atoms with van der Waals surface area (Å²) in [5.74, 6) is -0.0379. The van der Waals surface area contributed by atoms with E-state index in [2.05, 4.69) is 15.4 Å². The molecular weight excluding hydrogens is 192 g/mol. The maximum absolute atomic E-state index is 11.2. The summed E-state index contributed by atoms with van der Waals surface area (Å²) in [4.78, 5) is 14.9. The molecule has 1 aromatic heterocycles. The van der Waals surface area contributed by atoms with Gasteiger partial charge in [-0.15, -0.1) is 5.10 Å². The van der Waals surface area contributed by atoms with Gasteiger partial charge >= 0.3 is 0 Å². The third-order valence-electron chi connectivity index (χ3n) is 1.76.